The number of hydrogen-bond acceptors (Lipinski definition) is 3. The number of esters is 1. The standard InChI is InChI=1S/C26H20N2O3/c1-27-20-9-5-3-7-16(20)19-13-15(11-12-22(19)27)18-14-23(29)31-25-17-8-4-6-10-21(17)28(2)26(30)24(18)25/h3-13,18H,14H2,1-2H3. The Balaban J connectivity index is 1.65. The summed E-state index contributed by atoms with van der Waals surface area (Å²) in [6, 6.07) is 22.1. The van der Waals surface area contributed by atoms with E-state index in [0.717, 1.165) is 38.3 Å². The quantitative estimate of drug-likeness (QED) is 0.380. The summed E-state index contributed by atoms with van der Waals surface area (Å²) in [6.45, 7) is 0. The van der Waals surface area contributed by atoms with E-state index in [1.807, 2.05) is 42.5 Å². The molecular weight excluding hydrogens is 388 g/mol. The lowest BCUT2D eigenvalue weighted by molar-refractivity contribution is -0.135. The Morgan fingerprint density at radius 3 is 2.19 bits per heavy atom. The van der Waals surface area contributed by atoms with Crippen LogP contribution in [0.4, 0.5) is 0 Å². The van der Waals surface area contributed by atoms with E-state index in [-0.39, 0.29) is 23.9 Å². The molecule has 2 aromatic heterocycles. The molecule has 0 radical (unpaired) electrons. The number of nitrogens with zero attached hydrogens (tertiary/aromatic N) is 2. The van der Waals surface area contributed by atoms with Gasteiger partial charge in [-0.25, -0.2) is 0 Å². The number of ether oxygens (including phenoxy) is 1. The molecule has 31 heavy (non-hydrogen) atoms. The maximum Gasteiger partial charge on any atom is 0.312 e. The van der Waals surface area contributed by atoms with E-state index in [2.05, 4.69) is 35.9 Å². The van der Waals surface area contributed by atoms with Crippen molar-refractivity contribution in [3.05, 3.63) is 88.2 Å². The predicted octanol–water partition coefficient (Wildman–Crippen LogP) is 4.62. The summed E-state index contributed by atoms with van der Waals surface area (Å²) >= 11 is 0. The number of benzene rings is 3. The summed E-state index contributed by atoms with van der Waals surface area (Å²) in [4.78, 5) is 26.0. The maximum absolute atomic E-state index is 13.4. The van der Waals surface area contributed by atoms with Crippen molar-refractivity contribution in [2.75, 3.05) is 0 Å². The highest BCUT2D eigenvalue weighted by Crippen LogP contribution is 2.41. The SMILES string of the molecule is Cn1c(=O)c2c(c3ccccc31)OC(=O)CC2c1ccc2c(c1)c1ccccc1n2C. The molecule has 1 atom stereocenters. The number of carbonyl (C=O) groups excluding carboxylic acids is 1. The molecule has 0 saturated heterocycles. The van der Waals surface area contributed by atoms with Gasteiger partial charge in [0.2, 0.25) is 0 Å². The van der Waals surface area contributed by atoms with E-state index in [4.69, 9.17) is 4.74 Å². The summed E-state index contributed by atoms with van der Waals surface area (Å²) in [5.74, 6) is -0.255. The maximum atomic E-state index is 13.4. The van der Waals surface area contributed by atoms with Gasteiger partial charge in [-0.05, 0) is 35.9 Å². The van der Waals surface area contributed by atoms with Gasteiger partial charge in [-0.15, -0.1) is 0 Å². The van der Waals surface area contributed by atoms with Gasteiger partial charge in [0.15, 0.2) is 0 Å². The normalized spacial score (nSPS) is 16.1. The Morgan fingerprint density at radius 1 is 0.774 bits per heavy atom. The second kappa shape index (κ2) is 6.32. The molecule has 5 nitrogen and oxygen atoms in total. The van der Waals surface area contributed by atoms with Crippen molar-refractivity contribution in [3.8, 4) is 5.75 Å². The number of pyridine rings is 1. The van der Waals surface area contributed by atoms with Crippen LogP contribution in [0.2, 0.25) is 0 Å². The van der Waals surface area contributed by atoms with Crippen molar-refractivity contribution in [2.45, 2.75) is 12.3 Å². The topological polar surface area (TPSA) is 53.2 Å². The van der Waals surface area contributed by atoms with Gasteiger partial charge < -0.3 is 13.9 Å². The van der Waals surface area contributed by atoms with Crippen molar-refractivity contribution in [3.63, 3.8) is 0 Å². The number of rotatable bonds is 1. The van der Waals surface area contributed by atoms with E-state index in [1.54, 1.807) is 11.6 Å². The zero-order chi connectivity index (χ0) is 21.3. The third-order valence-electron chi connectivity index (χ3n) is 6.56. The monoisotopic (exact) mass is 408 g/mol. The molecule has 152 valence electrons. The molecule has 0 bridgehead atoms. The van der Waals surface area contributed by atoms with Crippen LogP contribution < -0.4 is 10.3 Å². The first-order valence-corrected chi connectivity index (χ1v) is 10.3. The molecule has 0 aliphatic carbocycles. The third-order valence-corrected chi connectivity index (χ3v) is 6.56. The molecular formula is C26H20N2O3. The molecule has 0 fully saturated rings. The van der Waals surface area contributed by atoms with Crippen molar-refractivity contribution in [1.29, 1.82) is 0 Å². The fourth-order valence-electron chi connectivity index (χ4n) is 5.02. The molecule has 1 aliphatic rings. The Hall–Kier alpha value is -3.86. The molecule has 5 aromatic rings. The molecule has 0 amide bonds. The Kier molecular flexibility index (Phi) is 3.66. The summed E-state index contributed by atoms with van der Waals surface area (Å²) in [7, 11) is 3.83. The van der Waals surface area contributed by atoms with Crippen LogP contribution in [-0.2, 0) is 18.9 Å². The van der Waals surface area contributed by atoms with Crippen LogP contribution in [0.5, 0.6) is 5.75 Å². The van der Waals surface area contributed by atoms with Gasteiger partial charge in [0.25, 0.3) is 5.56 Å². The van der Waals surface area contributed by atoms with Gasteiger partial charge in [0.1, 0.15) is 5.75 Å². The van der Waals surface area contributed by atoms with E-state index in [0.29, 0.717) is 11.3 Å². The molecule has 3 aromatic carbocycles. The summed E-state index contributed by atoms with van der Waals surface area (Å²) in [5, 5.41) is 3.06. The minimum absolute atomic E-state index is 0.121. The Bertz CT molecular complexity index is 1610. The molecule has 1 unspecified atom stereocenters. The van der Waals surface area contributed by atoms with Crippen molar-refractivity contribution in [1.82, 2.24) is 9.13 Å². The van der Waals surface area contributed by atoms with E-state index in [9.17, 15) is 9.59 Å². The first-order valence-electron chi connectivity index (χ1n) is 10.3. The van der Waals surface area contributed by atoms with Gasteiger partial charge in [-0.2, -0.15) is 0 Å². The van der Waals surface area contributed by atoms with Crippen molar-refractivity contribution < 1.29 is 9.53 Å². The lowest BCUT2D eigenvalue weighted by Crippen LogP contribution is -2.31. The molecule has 0 saturated carbocycles. The van der Waals surface area contributed by atoms with Crippen LogP contribution in [-0.4, -0.2) is 15.1 Å². The van der Waals surface area contributed by atoms with Crippen LogP contribution in [0.15, 0.2) is 71.5 Å². The number of aromatic nitrogens is 2. The number of carbonyl (C=O) groups is 1. The van der Waals surface area contributed by atoms with Crippen LogP contribution >= 0.6 is 0 Å². The second-order valence-electron chi connectivity index (χ2n) is 8.21. The molecule has 3 heterocycles. The van der Waals surface area contributed by atoms with Gasteiger partial charge in [0, 0.05) is 47.2 Å². The smallest absolute Gasteiger partial charge is 0.312 e. The fourth-order valence-corrected chi connectivity index (χ4v) is 5.02. The lowest BCUT2D eigenvalue weighted by atomic mass is 9.85. The third kappa shape index (κ3) is 2.43. The highest BCUT2D eigenvalue weighted by Gasteiger charge is 2.33. The van der Waals surface area contributed by atoms with Gasteiger partial charge >= 0.3 is 5.97 Å². The number of fused-ring (bicyclic) bond motifs is 6. The number of hydrogen-bond donors (Lipinski definition) is 0. The van der Waals surface area contributed by atoms with Crippen LogP contribution in [0.1, 0.15) is 23.5 Å². The zero-order valence-corrected chi connectivity index (χ0v) is 17.3. The zero-order valence-electron chi connectivity index (χ0n) is 17.3. The molecule has 5 heteroatoms. The fraction of sp³-hybridized carbons (Fsp3) is 0.154. The highest BCUT2D eigenvalue weighted by atomic mass is 16.5. The molecule has 6 rings (SSSR count). The first kappa shape index (κ1) is 18.0. The largest absolute Gasteiger partial charge is 0.425 e. The van der Waals surface area contributed by atoms with Gasteiger partial charge in [-0.3, -0.25) is 9.59 Å². The molecule has 1 aliphatic heterocycles. The summed E-state index contributed by atoms with van der Waals surface area (Å²) in [5.41, 5.74) is 4.41. The van der Waals surface area contributed by atoms with Gasteiger partial charge in [0.05, 0.1) is 17.5 Å². The Morgan fingerprint density at radius 2 is 1.42 bits per heavy atom. The Labute approximate surface area is 178 Å². The first-order chi connectivity index (χ1) is 15.0. The number of para-hydroxylation sites is 2. The average Bonchev–Trinajstić information content (AvgIpc) is 3.08. The highest BCUT2D eigenvalue weighted by molar-refractivity contribution is 6.08. The van der Waals surface area contributed by atoms with Crippen molar-refractivity contribution in [2.24, 2.45) is 14.1 Å². The van der Waals surface area contributed by atoms with Crippen LogP contribution in [0.3, 0.4) is 0 Å². The molecule has 0 N–H and O–H groups in total. The van der Waals surface area contributed by atoms with E-state index in [1.165, 1.54) is 0 Å². The molecule has 0 spiro atoms. The van der Waals surface area contributed by atoms with Gasteiger partial charge in [-0.1, -0.05) is 36.4 Å². The van der Waals surface area contributed by atoms with E-state index < -0.39 is 0 Å². The minimum atomic E-state index is -0.345. The summed E-state index contributed by atoms with van der Waals surface area (Å²) in [6.07, 6.45) is 0.150. The van der Waals surface area contributed by atoms with Crippen LogP contribution in [0, 0.1) is 0 Å². The predicted molar refractivity (Wildman–Crippen MR) is 122 cm³/mol. The van der Waals surface area contributed by atoms with E-state index >= 15 is 0 Å². The second-order valence-corrected chi connectivity index (χ2v) is 8.21. The van der Waals surface area contributed by atoms with Crippen molar-refractivity contribution >= 4 is 38.7 Å². The average molecular weight is 408 g/mol. The lowest BCUT2D eigenvalue weighted by Gasteiger charge is -2.26. The van der Waals surface area contributed by atoms with Crippen LogP contribution in [0.25, 0.3) is 32.7 Å². The minimum Gasteiger partial charge on any atom is -0.425 e. The summed E-state index contributed by atoms with van der Waals surface area (Å²) < 4.78 is 9.46. The number of aryl methyl sites for hydroxylation is 2.